The van der Waals surface area contributed by atoms with E-state index in [2.05, 4.69) is 25.9 Å². The first kappa shape index (κ1) is 11.9. The highest BCUT2D eigenvalue weighted by Crippen LogP contribution is 2.27. The Hall–Kier alpha value is -2.15. The van der Waals surface area contributed by atoms with Gasteiger partial charge in [-0.3, -0.25) is 4.40 Å². The highest BCUT2D eigenvalue weighted by molar-refractivity contribution is 9.10. The quantitative estimate of drug-likeness (QED) is 0.787. The molecule has 96 valence electrons. The van der Waals surface area contributed by atoms with Crippen LogP contribution in [0.2, 0.25) is 0 Å². The van der Waals surface area contributed by atoms with Crippen molar-refractivity contribution in [2.45, 2.75) is 0 Å². The number of nitrogen functional groups attached to an aromatic ring is 1. The minimum Gasteiger partial charge on any atom is -0.436 e. The van der Waals surface area contributed by atoms with Crippen LogP contribution in [0, 0.1) is 5.82 Å². The number of aromatic nitrogens is 3. The molecule has 2 heterocycles. The lowest BCUT2D eigenvalue weighted by Crippen LogP contribution is -1.99. The maximum absolute atomic E-state index is 13.3. The molecule has 0 bridgehead atoms. The van der Waals surface area contributed by atoms with Crippen LogP contribution in [-0.2, 0) is 0 Å². The molecule has 0 atom stereocenters. The van der Waals surface area contributed by atoms with Gasteiger partial charge in [0.2, 0.25) is 5.65 Å². The zero-order valence-electron chi connectivity index (χ0n) is 9.55. The Morgan fingerprint density at radius 3 is 2.95 bits per heavy atom. The Morgan fingerprint density at radius 1 is 1.32 bits per heavy atom. The summed E-state index contributed by atoms with van der Waals surface area (Å²) in [5.74, 6) is 0.418. The molecule has 3 aromatic rings. The van der Waals surface area contributed by atoms with Gasteiger partial charge in [-0.25, -0.2) is 9.37 Å². The minimum absolute atomic E-state index is 0.225. The van der Waals surface area contributed by atoms with Crippen LogP contribution in [0.25, 0.3) is 5.65 Å². The van der Waals surface area contributed by atoms with E-state index in [9.17, 15) is 4.39 Å². The monoisotopic (exact) mass is 322 g/mol. The number of halogens is 2. The van der Waals surface area contributed by atoms with E-state index in [1.807, 2.05) is 0 Å². The van der Waals surface area contributed by atoms with E-state index in [1.165, 1.54) is 12.1 Å². The van der Waals surface area contributed by atoms with E-state index in [4.69, 9.17) is 10.5 Å². The lowest BCUT2D eigenvalue weighted by Gasteiger charge is -2.07. The van der Waals surface area contributed by atoms with E-state index in [-0.39, 0.29) is 11.7 Å². The average molecular weight is 323 g/mol. The van der Waals surface area contributed by atoms with Gasteiger partial charge < -0.3 is 10.5 Å². The van der Waals surface area contributed by atoms with Gasteiger partial charge in [0.05, 0.1) is 6.20 Å². The van der Waals surface area contributed by atoms with Crippen LogP contribution in [-0.4, -0.2) is 14.4 Å². The summed E-state index contributed by atoms with van der Waals surface area (Å²) in [7, 11) is 0. The fourth-order valence-corrected chi connectivity index (χ4v) is 2.13. The largest absolute Gasteiger partial charge is 0.436 e. The van der Waals surface area contributed by atoms with Crippen molar-refractivity contribution in [1.29, 1.82) is 0 Å². The summed E-state index contributed by atoms with van der Waals surface area (Å²) < 4.78 is 21.1. The van der Waals surface area contributed by atoms with Crippen LogP contribution in [0.4, 0.5) is 10.2 Å². The van der Waals surface area contributed by atoms with E-state index in [1.54, 1.807) is 29.1 Å². The lowest BCUT2D eigenvalue weighted by atomic mass is 10.3. The number of benzene rings is 1. The Kier molecular flexibility index (Phi) is 2.83. The summed E-state index contributed by atoms with van der Waals surface area (Å²) in [5, 5.41) is 0. The summed E-state index contributed by atoms with van der Waals surface area (Å²) in [5.41, 5.74) is 6.18. The molecule has 0 unspecified atom stereocenters. The van der Waals surface area contributed by atoms with Crippen molar-refractivity contribution < 1.29 is 9.13 Å². The van der Waals surface area contributed by atoms with Gasteiger partial charge in [0.15, 0.2) is 0 Å². The smallest absolute Gasteiger partial charge is 0.265 e. The fourth-order valence-electron chi connectivity index (χ4n) is 1.69. The first-order chi connectivity index (χ1) is 9.11. The van der Waals surface area contributed by atoms with Crippen molar-refractivity contribution in [1.82, 2.24) is 14.4 Å². The van der Waals surface area contributed by atoms with Crippen LogP contribution in [0.5, 0.6) is 11.6 Å². The van der Waals surface area contributed by atoms with Crippen molar-refractivity contribution in [3.63, 3.8) is 0 Å². The Labute approximate surface area is 116 Å². The SMILES string of the molecule is Nc1cn2ccnc2c(Oc2cc(F)cc(Br)c2)n1. The van der Waals surface area contributed by atoms with Gasteiger partial charge in [-0.2, -0.15) is 4.98 Å². The predicted molar refractivity (Wildman–Crippen MR) is 71.6 cm³/mol. The zero-order chi connectivity index (χ0) is 13.4. The second-order valence-electron chi connectivity index (χ2n) is 3.84. The van der Waals surface area contributed by atoms with Gasteiger partial charge in [0.1, 0.15) is 17.4 Å². The Morgan fingerprint density at radius 2 is 2.16 bits per heavy atom. The molecule has 0 amide bonds. The van der Waals surface area contributed by atoms with Gasteiger partial charge in [-0.15, -0.1) is 0 Å². The number of nitrogens with two attached hydrogens (primary N) is 1. The minimum atomic E-state index is -0.410. The number of rotatable bonds is 2. The maximum atomic E-state index is 13.3. The number of fused-ring (bicyclic) bond motifs is 1. The number of imidazole rings is 1. The molecule has 0 fully saturated rings. The fraction of sp³-hybridized carbons (Fsp3) is 0. The summed E-state index contributed by atoms with van der Waals surface area (Å²) in [4.78, 5) is 8.18. The lowest BCUT2D eigenvalue weighted by molar-refractivity contribution is 0.460. The van der Waals surface area contributed by atoms with Crippen LogP contribution in [0.3, 0.4) is 0 Å². The number of hydrogen-bond donors (Lipinski definition) is 1. The molecule has 7 heteroatoms. The molecule has 1 aromatic carbocycles. The second kappa shape index (κ2) is 4.51. The third-order valence-electron chi connectivity index (χ3n) is 2.41. The summed E-state index contributed by atoms with van der Waals surface area (Å²) in [6.45, 7) is 0. The third-order valence-corrected chi connectivity index (χ3v) is 2.87. The van der Waals surface area contributed by atoms with Gasteiger partial charge in [0.25, 0.3) is 5.88 Å². The molecule has 19 heavy (non-hydrogen) atoms. The number of anilines is 1. The summed E-state index contributed by atoms with van der Waals surface area (Å²) in [6, 6.07) is 4.23. The highest BCUT2D eigenvalue weighted by Gasteiger charge is 2.10. The summed E-state index contributed by atoms with van der Waals surface area (Å²) in [6.07, 6.45) is 4.95. The first-order valence-corrected chi connectivity index (χ1v) is 6.14. The molecule has 2 N–H and O–H groups in total. The van der Waals surface area contributed by atoms with Crippen molar-refractivity contribution in [2.75, 3.05) is 5.73 Å². The molecule has 0 aliphatic rings. The number of nitrogens with zero attached hydrogens (tertiary/aromatic N) is 3. The van der Waals surface area contributed by atoms with Crippen molar-refractivity contribution in [2.24, 2.45) is 0 Å². The van der Waals surface area contributed by atoms with Gasteiger partial charge in [-0.1, -0.05) is 15.9 Å². The standard InChI is InChI=1S/C12H8BrFN4O/c13-7-3-8(14)5-9(4-7)19-12-11-16-1-2-18(11)6-10(15)17-12/h1-6H,15H2. The highest BCUT2D eigenvalue weighted by atomic mass is 79.9. The molecule has 5 nitrogen and oxygen atoms in total. The first-order valence-electron chi connectivity index (χ1n) is 5.35. The zero-order valence-corrected chi connectivity index (χ0v) is 11.1. The van der Waals surface area contributed by atoms with Crippen LogP contribution < -0.4 is 10.5 Å². The molecule has 0 aliphatic carbocycles. The van der Waals surface area contributed by atoms with Gasteiger partial charge >= 0.3 is 0 Å². The Bertz CT molecular complexity index is 738. The van der Waals surface area contributed by atoms with Crippen LogP contribution >= 0.6 is 15.9 Å². The van der Waals surface area contributed by atoms with Crippen molar-refractivity contribution in [3.8, 4) is 11.6 Å². The predicted octanol–water partition coefficient (Wildman–Crippen LogP) is 3.01. The molecule has 0 aliphatic heterocycles. The number of ether oxygens (including phenoxy) is 1. The topological polar surface area (TPSA) is 65.4 Å². The molecular formula is C12H8BrFN4O. The maximum Gasteiger partial charge on any atom is 0.265 e. The third kappa shape index (κ3) is 2.37. The van der Waals surface area contributed by atoms with Crippen molar-refractivity contribution >= 4 is 27.4 Å². The van der Waals surface area contributed by atoms with E-state index < -0.39 is 5.82 Å². The van der Waals surface area contributed by atoms with Crippen LogP contribution in [0.1, 0.15) is 0 Å². The average Bonchev–Trinajstić information content (AvgIpc) is 2.75. The van der Waals surface area contributed by atoms with E-state index >= 15 is 0 Å². The van der Waals surface area contributed by atoms with E-state index in [0.29, 0.717) is 15.9 Å². The summed E-state index contributed by atoms with van der Waals surface area (Å²) >= 11 is 3.20. The van der Waals surface area contributed by atoms with Gasteiger partial charge in [-0.05, 0) is 12.1 Å². The molecular weight excluding hydrogens is 315 g/mol. The molecule has 0 saturated heterocycles. The molecule has 0 spiro atoms. The van der Waals surface area contributed by atoms with E-state index in [0.717, 1.165) is 0 Å². The normalized spacial score (nSPS) is 10.8. The second-order valence-corrected chi connectivity index (χ2v) is 4.75. The number of hydrogen-bond acceptors (Lipinski definition) is 4. The Balaban J connectivity index is 2.07. The molecule has 2 aromatic heterocycles. The van der Waals surface area contributed by atoms with Gasteiger partial charge in [0, 0.05) is 22.9 Å². The molecule has 3 rings (SSSR count). The van der Waals surface area contributed by atoms with Crippen molar-refractivity contribution in [3.05, 3.63) is 47.1 Å². The molecule has 0 radical (unpaired) electrons. The van der Waals surface area contributed by atoms with Crippen LogP contribution in [0.15, 0.2) is 41.3 Å². The molecule has 0 saturated carbocycles.